The van der Waals surface area contributed by atoms with E-state index >= 15 is 0 Å². The first kappa shape index (κ1) is 18.0. The van der Waals surface area contributed by atoms with Crippen molar-refractivity contribution in [1.82, 2.24) is 9.80 Å². The monoisotopic (exact) mass is 365 g/mol. The highest BCUT2D eigenvalue weighted by molar-refractivity contribution is 5.88. The van der Waals surface area contributed by atoms with E-state index in [2.05, 4.69) is 30.3 Å². The van der Waals surface area contributed by atoms with Gasteiger partial charge < -0.3 is 9.80 Å². The van der Waals surface area contributed by atoms with Gasteiger partial charge in [0.15, 0.2) is 0 Å². The molecule has 2 atom stereocenters. The summed E-state index contributed by atoms with van der Waals surface area (Å²) in [6.07, 6.45) is 6.76. The molecule has 4 rings (SSSR count). The number of hydrogen-bond acceptors (Lipinski definition) is 3. The van der Waals surface area contributed by atoms with E-state index in [0.29, 0.717) is 25.4 Å². The van der Waals surface area contributed by atoms with Gasteiger partial charge in [0.2, 0.25) is 11.8 Å². The van der Waals surface area contributed by atoms with Gasteiger partial charge in [0, 0.05) is 19.5 Å². The van der Waals surface area contributed by atoms with Crippen molar-refractivity contribution in [2.24, 2.45) is 5.92 Å². The lowest BCUT2D eigenvalue weighted by molar-refractivity contribution is -0.144. The number of carbonyl (C=O) groups is 2. The van der Waals surface area contributed by atoms with Crippen LogP contribution in [0.5, 0.6) is 0 Å². The van der Waals surface area contributed by atoms with Gasteiger partial charge in [0.05, 0.1) is 6.07 Å². The number of fused-ring (bicyclic) bond motifs is 1. The maximum atomic E-state index is 12.9. The van der Waals surface area contributed by atoms with E-state index in [1.165, 1.54) is 11.1 Å². The standard InChI is InChI=1S/C22H27N3O2/c23-15-19-7-3-11-24(19)22(27)20-8-4-12-25(20)21(26)10-9-16-13-17-5-1-2-6-18(17)14-16/h1-2,5-6,16,19-20H,3-4,7-14H2/t19-,20-/m0/s1. The van der Waals surface area contributed by atoms with Gasteiger partial charge in [-0.3, -0.25) is 9.59 Å². The predicted octanol–water partition coefficient (Wildman–Crippen LogP) is 2.69. The van der Waals surface area contributed by atoms with Crippen molar-refractivity contribution < 1.29 is 9.59 Å². The molecule has 0 spiro atoms. The van der Waals surface area contributed by atoms with Crippen LogP contribution in [-0.2, 0) is 22.4 Å². The number of benzene rings is 1. The van der Waals surface area contributed by atoms with Crippen molar-refractivity contribution in [1.29, 1.82) is 5.26 Å². The highest BCUT2D eigenvalue weighted by atomic mass is 16.2. The van der Waals surface area contributed by atoms with Crippen LogP contribution in [0.25, 0.3) is 0 Å². The molecule has 2 aliphatic heterocycles. The molecule has 0 unspecified atom stereocenters. The largest absolute Gasteiger partial charge is 0.331 e. The number of nitrogens with zero attached hydrogens (tertiary/aromatic N) is 3. The zero-order valence-electron chi connectivity index (χ0n) is 15.8. The molecule has 0 N–H and O–H groups in total. The van der Waals surface area contributed by atoms with Gasteiger partial charge in [0.1, 0.15) is 12.1 Å². The van der Waals surface area contributed by atoms with Crippen molar-refractivity contribution in [3.8, 4) is 6.07 Å². The third-order valence-electron chi connectivity index (χ3n) is 6.45. The van der Waals surface area contributed by atoms with E-state index in [9.17, 15) is 14.9 Å². The molecular weight excluding hydrogens is 338 g/mol. The molecule has 2 amide bonds. The molecular formula is C22H27N3O2. The molecule has 2 heterocycles. The normalized spacial score (nSPS) is 24.9. The first-order valence-corrected chi connectivity index (χ1v) is 10.2. The minimum atomic E-state index is -0.354. The topological polar surface area (TPSA) is 64.4 Å². The summed E-state index contributed by atoms with van der Waals surface area (Å²) >= 11 is 0. The van der Waals surface area contributed by atoms with E-state index < -0.39 is 0 Å². The first-order chi connectivity index (χ1) is 13.2. The average molecular weight is 365 g/mol. The fraction of sp³-hybridized carbons (Fsp3) is 0.591. The van der Waals surface area contributed by atoms with Crippen LogP contribution in [0.1, 0.15) is 49.7 Å². The second-order valence-electron chi connectivity index (χ2n) is 8.15. The second-order valence-corrected chi connectivity index (χ2v) is 8.15. The Bertz CT molecular complexity index is 744. The van der Waals surface area contributed by atoms with Crippen molar-refractivity contribution >= 4 is 11.8 Å². The number of likely N-dealkylation sites (tertiary alicyclic amines) is 2. The third-order valence-corrected chi connectivity index (χ3v) is 6.45. The SMILES string of the molecule is N#C[C@@H]1CCCN1C(=O)[C@@H]1CCCN1C(=O)CCC1Cc2ccccc2C1. The van der Waals surface area contributed by atoms with Gasteiger partial charge >= 0.3 is 0 Å². The number of rotatable bonds is 4. The van der Waals surface area contributed by atoms with E-state index in [0.717, 1.165) is 44.9 Å². The summed E-state index contributed by atoms with van der Waals surface area (Å²) < 4.78 is 0. The van der Waals surface area contributed by atoms with Crippen LogP contribution in [0.3, 0.4) is 0 Å². The van der Waals surface area contributed by atoms with E-state index in [1.54, 1.807) is 9.80 Å². The summed E-state index contributed by atoms with van der Waals surface area (Å²) in [7, 11) is 0. The van der Waals surface area contributed by atoms with Gasteiger partial charge in [-0.2, -0.15) is 5.26 Å². The average Bonchev–Trinajstić information content (AvgIpc) is 3.43. The summed E-state index contributed by atoms with van der Waals surface area (Å²) in [5.74, 6) is 0.623. The molecule has 0 radical (unpaired) electrons. The van der Waals surface area contributed by atoms with E-state index in [-0.39, 0.29) is 23.9 Å². The van der Waals surface area contributed by atoms with Gasteiger partial charge in [-0.1, -0.05) is 24.3 Å². The number of hydrogen-bond donors (Lipinski definition) is 0. The highest BCUT2D eigenvalue weighted by Crippen LogP contribution is 2.30. The van der Waals surface area contributed by atoms with Gasteiger partial charge in [-0.15, -0.1) is 0 Å². The van der Waals surface area contributed by atoms with Crippen molar-refractivity contribution in [3.63, 3.8) is 0 Å². The Morgan fingerprint density at radius 1 is 1.04 bits per heavy atom. The summed E-state index contributed by atoms with van der Waals surface area (Å²) in [6.45, 7) is 1.32. The third kappa shape index (κ3) is 3.58. The summed E-state index contributed by atoms with van der Waals surface area (Å²) in [4.78, 5) is 29.3. The second kappa shape index (κ2) is 7.72. The summed E-state index contributed by atoms with van der Waals surface area (Å²) in [5, 5.41) is 9.26. The lowest BCUT2D eigenvalue weighted by Gasteiger charge is -2.29. The minimum Gasteiger partial charge on any atom is -0.331 e. The molecule has 5 heteroatoms. The Morgan fingerprint density at radius 2 is 1.70 bits per heavy atom. The lowest BCUT2D eigenvalue weighted by atomic mass is 9.99. The fourth-order valence-corrected chi connectivity index (χ4v) is 5.00. The minimum absolute atomic E-state index is 0.0156. The van der Waals surface area contributed by atoms with Crippen molar-refractivity contribution in [2.45, 2.75) is 63.5 Å². The molecule has 1 aliphatic carbocycles. The molecule has 142 valence electrons. The number of amides is 2. The van der Waals surface area contributed by atoms with Crippen molar-refractivity contribution in [2.75, 3.05) is 13.1 Å². The molecule has 1 aromatic rings. The van der Waals surface area contributed by atoms with E-state index in [1.807, 2.05) is 0 Å². The Balaban J connectivity index is 1.33. The van der Waals surface area contributed by atoms with Gasteiger partial charge in [-0.25, -0.2) is 0 Å². The van der Waals surface area contributed by atoms with E-state index in [4.69, 9.17) is 0 Å². The van der Waals surface area contributed by atoms with Crippen LogP contribution in [0.15, 0.2) is 24.3 Å². The Hall–Kier alpha value is -2.35. The molecule has 0 saturated carbocycles. The van der Waals surface area contributed by atoms with Crippen molar-refractivity contribution in [3.05, 3.63) is 35.4 Å². The molecule has 2 saturated heterocycles. The molecule has 0 aromatic heterocycles. The summed E-state index contributed by atoms with van der Waals surface area (Å²) in [6, 6.07) is 10.1. The fourth-order valence-electron chi connectivity index (χ4n) is 5.00. The zero-order valence-corrected chi connectivity index (χ0v) is 15.8. The van der Waals surface area contributed by atoms with Crippen LogP contribution in [-0.4, -0.2) is 46.8 Å². The molecule has 3 aliphatic rings. The van der Waals surface area contributed by atoms with Gasteiger partial charge in [0.25, 0.3) is 0 Å². The smallest absolute Gasteiger partial charge is 0.246 e. The maximum Gasteiger partial charge on any atom is 0.246 e. The number of carbonyl (C=O) groups excluding carboxylic acids is 2. The highest BCUT2D eigenvalue weighted by Gasteiger charge is 2.40. The number of nitriles is 1. The molecule has 1 aromatic carbocycles. The van der Waals surface area contributed by atoms with Crippen LogP contribution >= 0.6 is 0 Å². The maximum absolute atomic E-state index is 12.9. The lowest BCUT2D eigenvalue weighted by Crippen LogP contribution is -2.49. The molecule has 0 bridgehead atoms. The van der Waals surface area contributed by atoms with Crippen LogP contribution in [0.4, 0.5) is 0 Å². The quantitative estimate of drug-likeness (QED) is 0.824. The molecule has 2 fully saturated rings. The molecule has 5 nitrogen and oxygen atoms in total. The Morgan fingerprint density at radius 3 is 2.41 bits per heavy atom. The van der Waals surface area contributed by atoms with Crippen LogP contribution in [0.2, 0.25) is 0 Å². The predicted molar refractivity (Wildman–Crippen MR) is 102 cm³/mol. The Labute approximate surface area is 160 Å². The summed E-state index contributed by atoms with van der Waals surface area (Å²) in [5.41, 5.74) is 2.83. The van der Waals surface area contributed by atoms with Crippen LogP contribution < -0.4 is 0 Å². The first-order valence-electron chi connectivity index (χ1n) is 10.2. The Kier molecular flexibility index (Phi) is 5.15. The van der Waals surface area contributed by atoms with Crippen LogP contribution in [0, 0.1) is 17.2 Å². The molecule has 27 heavy (non-hydrogen) atoms. The zero-order chi connectivity index (χ0) is 18.8. The van der Waals surface area contributed by atoms with Gasteiger partial charge in [-0.05, 0) is 62.0 Å².